The smallest absolute Gasteiger partial charge is 0.227 e. The number of carbonyl (C=O) groups is 1. The van der Waals surface area contributed by atoms with Crippen LogP contribution in [0.4, 0.5) is 0 Å². The van der Waals surface area contributed by atoms with Crippen molar-refractivity contribution in [1.82, 2.24) is 4.90 Å². The van der Waals surface area contributed by atoms with Crippen LogP contribution in [0.2, 0.25) is 5.02 Å². The molecule has 1 saturated heterocycles. The molecule has 3 atom stereocenters. The van der Waals surface area contributed by atoms with Gasteiger partial charge in [0.05, 0.1) is 17.4 Å². The molecule has 1 aliphatic carbocycles. The second-order valence-electron chi connectivity index (χ2n) is 8.72. The van der Waals surface area contributed by atoms with Crippen molar-refractivity contribution in [1.29, 1.82) is 0 Å². The van der Waals surface area contributed by atoms with Crippen LogP contribution in [0.25, 0.3) is 0 Å². The van der Waals surface area contributed by atoms with Gasteiger partial charge in [-0.3, -0.25) is 4.79 Å². The van der Waals surface area contributed by atoms with Crippen LogP contribution in [0.3, 0.4) is 0 Å². The quantitative estimate of drug-likeness (QED) is 0.688. The molecule has 0 aromatic heterocycles. The number of amides is 1. The summed E-state index contributed by atoms with van der Waals surface area (Å²) in [5, 5.41) is 0.619. The highest BCUT2D eigenvalue weighted by Crippen LogP contribution is 2.60. The van der Waals surface area contributed by atoms with Gasteiger partial charge in [0.2, 0.25) is 5.91 Å². The summed E-state index contributed by atoms with van der Waals surface area (Å²) >= 11 is 6.11. The molecule has 0 radical (unpaired) electrons. The monoisotopic (exact) mass is 409 g/mol. The van der Waals surface area contributed by atoms with Crippen molar-refractivity contribution in [3.05, 3.63) is 46.5 Å². The van der Waals surface area contributed by atoms with Crippen LogP contribution in [0.5, 0.6) is 0 Å². The lowest BCUT2D eigenvalue weighted by molar-refractivity contribution is -0.136. The lowest BCUT2D eigenvalue weighted by Crippen LogP contribution is -2.42. The summed E-state index contributed by atoms with van der Waals surface area (Å²) in [5.41, 5.74) is 2.03. The molecule has 1 aliphatic heterocycles. The van der Waals surface area contributed by atoms with Crippen molar-refractivity contribution in [3.8, 4) is 0 Å². The molecule has 148 valence electrons. The number of halogens is 1. The van der Waals surface area contributed by atoms with E-state index >= 15 is 0 Å². The maximum Gasteiger partial charge on any atom is 0.227 e. The van der Waals surface area contributed by atoms with Crippen molar-refractivity contribution in [2.75, 3.05) is 11.5 Å². The predicted molar refractivity (Wildman–Crippen MR) is 109 cm³/mol. The lowest BCUT2D eigenvalue weighted by atomic mass is 10.1. The summed E-state index contributed by atoms with van der Waals surface area (Å²) in [7, 11) is -3.07. The van der Waals surface area contributed by atoms with E-state index in [9.17, 15) is 13.2 Å². The number of allylic oxidation sites excluding steroid dienone is 2. The third-order valence-electron chi connectivity index (χ3n) is 5.86. The highest BCUT2D eigenvalue weighted by Gasteiger charge is 2.61. The van der Waals surface area contributed by atoms with E-state index in [2.05, 4.69) is 19.9 Å². The maximum atomic E-state index is 13.5. The second kappa shape index (κ2) is 7.25. The summed E-state index contributed by atoms with van der Waals surface area (Å²) < 4.78 is 24.1. The number of sulfone groups is 1. The van der Waals surface area contributed by atoms with Crippen LogP contribution in [-0.4, -0.2) is 36.8 Å². The van der Waals surface area contributed by atoms with E-state index in [1.54, 1.807) is 11.0 Å². The second-order valence-corrected chi connectivity index (χ2v) is 11.4. The Morgan fingerprint density at radius 2 is 2.04 bits per heavy atom. The third-order valence-corrected chi connectivity index (χ3v) is 7.85. The number of hydrogen-bond donors (Lipinski definition) is 0. The van der Waals surface area contributed by atoms with Crippen molar-refractivity contribution in [2.45, 2.75) is 46.7 Å². The Balaban J connectivity index is 1.88. The van der Waals surface area contributed by atoms with Gasteiger partial charge in [0.1, 0.15) is 0 Å². The summed E-state index contributed by atoms with van der Waals surface area (Å²) in [4.78, 5) is 15.3. The fourth-order valence-electron chi connectivity index (χ4n) is 4.24. The molecule has 3 rings (SSSR count). The highest BCUT2D eigenvalue weighted by molar-refractivity contribution is 7.91. The molecule has 27 heavy (non-hydrogen) atoms. The molecule has 0 bridgehead atoms. The van der Waals surface area contributed by atoms with Crippen LogP contribution in [0.15, 0.2) is 35.9 Å². The Morgan fingerprint density at radius 1 is 1.33 bits per heavy atom. The van der Waals surface area contributed by atoms with Gasteiger partial charge in [-0.1, -0.05) is 49.2 Å². The fourth-order valence-corrected chi connectivity index (χ4v) is 6.18. The van der Waals surface area contributed by atoms with E-state index in [0.717, 1.165) is 5.56 Å². The van der Waals surface area contributed by atoms with Gasteiger partial charge in [-0.25, -0.2) is 8.42 Å². The Labute approximate surface area is 167 Å². The first kappa shape index (κ1) is 20.4. The van der Waals surface area contributed by atoms with Crippen LogP contribution < -0.4 is 0 Å². The minimum Gasteiger partial charge on any atom is -0.334 e. The number of hydrogen-bond acceptors (Lipinski definition) is 3. The van der Waals surface area contributed by atoms with Crippen LogP contribution in [0.1, 0.15) is 39.7 Å². The molecular formula is C21H28ClNO3S. The van der Waals surface area contributed by atoms with Gasteiger partial charge in [-0.05, 0) is 49.3 Å². The SMILES string of the molecule is CC(C)=C[C@@H]1[C@H](C(=O)N(Cc2cccc(Cl)c2)[C@H]2CCS(=O)(=O)C2)C1(C)C. The largest absolute Gasteiger partial charge is 0.334 e. The van der Waals surface area contributed by atoms with Crippen molar-refractivity contribution in [2.24, 2.45) is 17.3 Å². The molecule has 1 heterocycles. The summed E-state index contributed by atoms with van der Waals surface area (Å²) in [6, 6.07) is 7.17. The van der Waals surface area contributed by atoms with Gasteiger partial charge >= 0.3 is 0 Å². The molecule has 1 aromatic rings. The molecule has 0 unspecified atom stereocenters. The van der Waals surface area contributed by atoms with Gasteiger partial charge in [-0.2, -0.15) is 0 Å². The Morgan fingerprint density at radius 3 is 2.59 bits per heavy atom. The zero-order valence-electron chi connectivity index (χ0n) is 16.4. The van der Waals surface area contributed by atoms with Gasteiger partial charge in [0.15, 0.2) is 9.84 Å². The van der Waals surface area contributed by atoms with Gasteiger partial charge in [0, 0.05) is 17.6 Å². The Kier molecular flexibility index (Phi) is 5.48. The zero-order chi connectivity index (χ0) is 20.0. The fraction of sp³-hybridized carbons (Fsp3) is 0.571. The minimum absolute atomic E-state index is 0.0553. The number of benzene rings is 1. The minimum atomic E-state index is -3.07. The van der Waals surface area contributed by atoms with E-state index in [0.29, 0.717) is 18.0 Å². The van der Waals surface area contributed by atoms with Crippen LogP contribution in [0, 0.1) is 17.3 Å². The van der Waals surface area contributed by atoms with E-state index in [1.165, 1.54) is 5.57 Å². The number of nitrogens with zero attached hydrogens (tertiary/aromatic N) is 1. The molecular weight excluding hydrogens is 382 g/mol. The number of rotatable bonds is 5. The highest BCUT2D eigenvalue weighted by atomic mass is 35.5. The Bertz CT molecular complexity index is 871. The zero-order valence-corrected chi connectivity index (χ0v) is 18.0. The molecule has 2 aliphatic rings. The van der Waals surface area contributed by atoms with E-state index < -0.39 is 9.84 Å². The molecule has 1 aromatic carbocycles. The standard InChI is InChI=1S/C21H28ClNO3S/c1-14(2)10-18-19(21(18,3)4)20(24)23(17-8-9-27(25,26)13-17)12-15-6-5-7-16(22)11-15/h5-7,10-11,17-19H,8-9,12-13H2,1-4H3/t17-,18+,19+/m0/s1. The van der Waals surface area contributed by atoms with Crippen molar-refractivity contribution in [3.63, 3.8) is 0 Å². The Hall–Kier alpha value is -1.33. The van der Waals surface area contributed by atoms with Crippen LogP contribution >= 0.6 is 11.6 Å². The van der Waals surface area contributed by atoms with E-state index in [4.69, 9.17) is 11.6 Å². The summed E-state index contributed by atoms with van der Waals surface area (Å²) in [6.07, 6.45) is 2.68. The molecule has 0 N–H and O–H groups in total. The molecule has 0 spiro atoms. The first-order valence-corrected chi connectivity index (χ1v) is 11.6. The van der Waals surface area contributed by atoms with Gasteiger partial charge in [0.25, 0.3) is 0 Å². The normalized spacial score (nSPS) is 27.8. The summed E-state index contributed by atoms with van der Waals surface area (Å²) in [5.74, 6) is 0.372. The topological polar surface area (TPSA) is 54.5 Å². The maximum absolute atomic E-state index is 13.5. The predicted octanol–water partition coefficient (Wildman–Crippen LogP) is 4.09. The average Bonchev–Trinajstić information content (AvgIpc) is 2.88. The van der Waals surface area contributed by atoms with E-state index in [1.807, 2.05) is 32.0 Å². The van der Waals surface area contributed by atoms with Crippen molar-refractivity contribution >= 4 is 27.3 Å². The third kappa shape index (κ3) is 4.40. The van der Waals surface area contributed by atoms with Crippen LogP contribution in [-0.2, 0) is 21.2 Å². The molecule has 4 nitrogen and oxygen atoms in total. The van der Waals surface area contributed by atoms with Crippen molar-refractivity contribution < 1.29 is 13.2 Å². The number of carbonyl (C=O) groups excluding carboxylic acids is 1. The molecule has 1 saturated carbocycles. The molecule has 6 heteroatoms. The first-order chi connectivity index (χ1) is 12.5. The van der Waals surface area contributed by atoms with E-state index in [-0.39, 0.29) is 40.7 Å². The van der Waals surface area contributed by atoms with Gasteiger partial charge in [-0.15, -0.1) is 0 Å². The average molecular weight is 410 g/mol. The lowest BCUT2D eigenvalue weighted by Gasteiger charge is -2.29. The molecule has 2 fully saturated rings. The van der Waals surface area contributed by atoms with Gasteiger partial charge < -0.3 is 4.90 Å². The first-order valence-electron chi connectivity index (χ1n) is 9.41. The summed E-state index contributed by atoms with van der Waals surface area (Å²) in [6.45, 7) is 8.71. The molecule has 1 amide bonds.